The molecule has 0 spiro atoms. The lowest BCUT2D eigenvalue weighted by atomic mass is 9.83. The summed E-state index contributed by atoms with van der Waals surface area (Å²) < 4.78 is 5.22. The van der Waals surface area contributed by atoms with E-state index in [4.69, 9.17) is 4.52 Å². The van der Waals surface area contributed by atoms with E-state index in [1.54, 1.807) is 0 Å². The van der Waals surface area contributed by atoms with Crippen LogP contribution in [-0.4, -0.2) is 11.1 Å². The largest absolute Gasteiger partial charge is 0.359 e. The topological polar surface area (TPSA) is 55.1 Å². The van der Waals surface area contributed by atoms with E-state index in [0.717, 1.165) is 11.5 Å². The van der Waals surface area contributed by atoms with E-state index in [1.807, 2.05) is 13.0 Å². The SMILES string of the molecule is CC(=O)N[C@@H](C)c1cc(C2CCC2)no1. The van der Waals surface area contributed by atoms with Crippen molar-refractivity contribution in [3.63, 3.8) is 0 Å². The molecule has 1 aromatic rings. The van der Waals surface area contributed by atoms with Crippen molar-refractivity contribution in [2.75, 3.05) is 0 Å². The second kappa shape index (κ2) is 4.04. The van der Waals surface area contributed by atoms with E-state index in [0.29, 0.717) is 5.92 Å². The number of carbonyl (C=O) groups is 1. The molecule has 1 atom stereocenters. The van der Waals surface area contributed by atoms with Crippen LogP contribution in [0.2, 0.25) is 0 Å². The summed E-state index contributed by atoms with van der Waals surface area (Å²) in [5, 5.41) is 6.81. The summed E-state index contributed by atoms with van der Waals surface area (Å²) in [5.74, 6) is 1.27. The number of rotatable bonds is 3. The van der Waals surface area contributed by atoms with E-state index in [-0.39, 0.29) is 11.9 Å². The van der Waals surface area contributed by atoms with Gasteiger partial charge in [0.25, 0.3) is 0 Å². The molecule has 0 bridgehead atoms. The number of carbonyl (C=O) groups excluding carboxylic acids is 1. The molecular weight excluding hydrogens is 192 g/mol. The third-order valence-electron chi connectivity index (χ3n) is 2.92. The van der Waals surface area contributed by atoms with Crippen LogP contribution in [0.1, 0.15) is 56.5 Å². The van der Waals surface area contributed by atoms with Crippen molar-refractivity contribution in [1.29, 1.82) is 0 Å². The first-order valence-electron chi connectivity index (χ1n) is 5.40. The summed E-state index contributed by atoms with van der Waals surface area (Å²) in [6, 6.07) is 1.87. The summed E-state index contributed by atoms with van der Waals surface area (Å²) >= 11 is 0. The molecule has 1 aliphatic rings. The van der Waals surface area contributed by atoms with Gasteiger partial charge in [-0.1, -0.05) is 11.6 Å². The zero-order valence-corrected chi connectivity index (χ0v) is 9.12. The first-order valence-corrected chi connectivity index (χ1v) is 5.40. The summed E-state index contributed by atoms with van der Waals surface area (Å²) in [5.41, 5.74) is 1.04. The van der Waals surface area contributed by atoms with Gasteiger partial charge in [0.2, 0.25) is 5.91 Å². The lowest BCUT2D eigenvalue weighted by Gasteiger charge is -2.22. The first kappa shape index (κ1) is 10.2. The number of amides is 1. The van der Waals surface area contributed by atoms with Crippen LogP contribution in [0.5, 0.6) is 0 Å². The van der Waals surface area contributed by atoms with Gasteiger partial charge >= 0.3 is 0 Å². The molecule has 0 radical (unpaired) electrons. The van der Waals surface area contributed by atoms with Crippen molar-refractivity contribution in [1.82, 2.24) is 10.5 Å². The zero-order chi connectivity index (χ0) is 10.8. The second-order valence-corrected chi connectivity index (χ2v) is 4.20. The van der Waals surface area contributed by atoms with Gasteiger partial charge in [-0.05, 0) is 19.8 Å². The second-order valence-electron chi connectivity index (χ2n) is 4.20. The molecule has 0 aliphatic heterocycles. The average molecular weight is 208 g/mol. The van der Waals surface area contributed by atoms with Crippen LogP contribution in [0, 0.1) is 0 Å². The van der Waals surface area contributed by atoms with Crippen LogP contribution in [0.25, 0.3) is 0 Å². The minimum Gasteiger partial charge on any atom is -0.359 e. The average Bonchev–Trinajstić information content (AvgIpc) is 2.48. The minimum atomic E-state index is -0.0937. The van der Waals surface area contributed by atoms with Gasteiger partial charge < -0.3 is 9.84 Å². The van der Waals surface area contributed by atoms with Crippen LogP contribution in [0.4, 0.5) is 0 Å². The van der Waals surface area contributed by atoms with E-state index < -0.39 is 0 Å². The highest BCUT2D eigenvalue weighted by molar-refractivity contribution is 5.73. The lowest BCUT2D eigenvalue weighted by Crippen LogP contribution is -2.23. The van der Waals surface area contributed by atoms with Gasteiger partial charge in [-0.3, -0.25) is 4.79 Å². The third-order valence-corrected chi connectivity index (χ3v) is 2.92. The summed E-state index contributed by atoms with van der Waals surface area (Å²) in [4.78, 5) is 10.9. The maximum absolute atomic E-state index is 10.9. The molecule has 2 rings (SSSR count). The summed E-state index contributed by atoms with van der Waals surface area (Å²) in [7, 11) is 0. The van der Waals surface area contributed by atoms with Gasteiger partial charge in [-0.2, -0.15) is 0 Å². The Labute approximate surface area is 89.0 Å². The highest BCUT2D eigenvalue weighted by Crippen LogP contribution is 2.36. The summed E-state index contributed by atoms with van der Waals surface area (Å²) in [6.07, 6.45) is 3.70. The van der Waals surface area contributed by atoms with E-state index in [2.05, 4.69) is 10.5 Å². The van der Waals surface area contributed by atoms with Crippen LogP contribution in [-0.2, 0) is 4.79 Å². The van der Waals surface area contributed by atoms with Crippen molar-refractivity contribution < 1.29 is 9.32 Å². The maximum atomic E-state index is 10.9. The van der Waals surface area contributed by atoms with Gasteiger partial charge in [0.1, 0.15) is 0 Å². The molecule has 1 amide bonds. The minimum absolute atomic E-state index is 0.0518. The Hall–Kier alpha value is -1.32. The maximum Gasteiger partial charge on any atom is 0.217 e. The van der Waals surface area contributed by atoms with Gasteiger partial charge in [0, 0.05) is 18.9 Å². The van der Waals surface area contributed by atoms with Crippen molar-refractivity contribution in [2.45, 2.75) is 45.1 Å². The molecule has 1 fully saturated rings. The van der Waals surface area contributed by atoms with Gasteiger partial charge in [0.15, 0.2) is 5.76 Å². The zero-order valence-electron chi connectivity index (χ0n) is 9.12. The van der Waals surface area contributed by atoms with Crippen LogP contribution < -0.4 is 5.32 Å². The molecule has 82 valence electrons. The number of hydrogen-bond acceptors (Lipinski definition) is 3. The van der Waals surface area contributed by atoms with Gasteiger partial charge in [0.05, 0.1) is 11.7 Å². The van der Waals surface area contributed by atoms with Crippen LogP contribution in [0.15, 0.2) is 10.6 Å². The Morgan fingerprint density at radius 2 is 2.40 bits per heavy atom. The Balaban J connectivity index is 2.02. The predicted molar refractivity (Wildman–Crippen MR) is 55.3 cm³/mol. The normalized spacial score (nSPS) is 18.3. The third kappa shape index (κ3) is 2.19. The van der Waals surface area contributed by atoms with Crippen LogP contribution in [0.3, 0.4) is 0 Å². The molecule has 0 saturated heterocycles. The lowest BCUT2D eigenvalue weighted by molar-refractivity contribution is -0.119. The molecule has 4 heteroatoms. The highest BCUT2D eigenvalue weighted by Gasteiger charge is 2.24. The molecule has 1 heterocycles. The summed E-state index contributed by atoms with van der Waals surface area (Å²) in [6.45, 7) is 3.40. The van der Waals surface area contributed by atoms with Crippen molar-refractivity contribution in [2.24, 2.45) is 0 Å². The molecule has 1 aromatic heterocycles. The predicted octanol–water partition coefficient (Wildman–Crippen LogP) is 2.14. The number of nitrogens with zero attached hydrogens (tertiary/aromatic N) is 1. The van der Waals surface area contributed by atoms with Gasteiger partial charge in [-0.15, -0.1) is 0 Å². The fourth-order valence-corrected chi connectivity index (χ4v) is 1.78. The van der Waals surface area contributed by atoms with Crippen LogP contribution >= 0.6 is 0 Å². The molecule has 4 nitrogen and oxygen atoms in total. The molecule has 1 aliphatic carbocycles. The van der Waals surface area contributed by atoms with E-state index in [9.17, 15) is 4.79 Å². The highest BCUT2D eigenvalue weighted by atomic mass is 16.5. The number of aromatic nitrogens is 1. The van der Waals surface area contributed by atoms with E-state index in [1.165, 1.54) is 26.2 Å². The molecule has 0 aromatic carbocycles. The number of hydrogen-bond donors (Lipinski definition) is 1. The Morgan fingerprint density at radius 1 is 1.67 bits per heavy atom. The van der Waals surface area contributed by atoms with Crippen molar-refractivity contribution in [3.8, 4) is 0 Å². The van der Waals surface area contributed by atoms with Crippen molar-refractivity contribution in [3.05, 3.63) is 17.5 Å². The Kier molecular flexibility index (Phi) is 2.75. The monoisotopic (exact) mass is 208 g/mol. The fraction of sp³-hybridized carbons (Fsp3) is 0.636. The molecule has 0 unspecified atom stereocenters. The van der Waals surface area contributed by atoms with Crippen molar-refractivity contribution >= 4 is 5.91 Å². The van der Waals surface area contributed by atoms with Gasteiger partial charge in [-0.25, -0.2) is 0 Å². The first-order chi connectivity index (χ1) is 7.16. The smallest absolute Gasteiger partial charge is 0.217 e. The fourth-order valence-electron chi connectivity index (χ4n) is 1.78. The Bertz CT molecular complexity index is 355. The number of nitrogens with one attached hydrogen (secondary N) is 1. The standard InChI is InChI=1S/C11H16N2O2/c1-7(12-8(2)14)11-6-10(13-15-11)9-4-3-5-9/h6-7,9H,3-5H2,1-2H3,(H,12,14)/t7-/m0/s1. The molecule has 15 heavy (non-hydrogen) atoms. The molecular formula is C11H16N2O2. The molecule has 1 saturated carbocycles. The molecule has 1 N–H and O–H groups in total. The quantitative estimate of drug-likeness (QED) is 0.828. The van der Waals surface area contributed by atoms with E-state index >= 15 is 0 Å². The Morgan fingerprint density at radius 3 is 2.93 bits per heavy atom.